The fraction of sp³-hybridized carbons (Fsp3) is 0.0943. The fourth-order valence-electron chi connectivity index (χ4n) is 9.34. The van der Waals surface area contributed by atoms with Crippen LogP contribution in [0, 0.1) is 6.92 Å². The van der Waals surface area contributed by atoms with Crippen molar-refractivity contribution in [2.24, 2.45) is 0 Å². The third-order valence-corrected chi connectivity index (χ3v) is 18.1. The van der Waals surface area contributed by atoms with Crippen LogP contribution in [0.3, 0.4) is 0 Å². The second-order valence-corrected chi connectivity index (χ2v) is 23.3. The number of aryl methyl sites for hydroxylation is 1. The standard InChI is InChI=1S/C53H43NOS2/c1-34-29-36(35-13-7-6-8-14-35)21-26-45(34)54-46-30-37(39-19-24-43-41-15-9-11-17-50(41)56(2,3)52(43)32-39)22-27-48(46)55-49-28-23-38(31-47(49)54)40-20-25-44-42-16-10-12-18-51(42)57(4,5)53(44)33-40/h6-33H,1-5H3. The summed E-state index contributed by atoms with van der Waals surface area (Å²) in [5, 5.41) is 0. The second-order valence-electron chi connectivity index (χ2n) is 16.2. The SMILES string of the molecule is Cc1cc(-c2ccccc2)ccc1N1c2cc(-c3ccc4c(c3)S(C)(C)c3ccccc3-4)ccc2Oc2ccc(-c3ccc4c(c3)S(C)(C)c3ccccc3-4)cc21. The van der Waals surface area contributed by atoms with E-state index in [2.05, 4.69) is 207 Å². The Morgan fingerprint density at radius 1 is 0.351 bits per heavy atom. The average molecular weight is 774 g/mol. The van der Waals surface area contributed by atoms with Crippen molar-refractivity contribution in [1.29, 1.82) is 0 Å². The number of fused-ring (bicyclic) bond motifs is 8. The molecule has 3 heterocycles. The van der Waals surface area contributed by atoms with Crippen molar-refractivity contribution >= 4 is 37.1 Å². The van der Waals surface area contributed by atoms with E-state index in [-0.39, 0.29) is 0 Å². The van der Waals surface area contributed by atoms with Gasteiger partial charge in [0.15, 0.2) is 11.5 Å². The summed E-state index contributed by atoms with van der Waals surface area (Å²) in [6.45, 7) is 2.23. The van der Waals surface area contributed by atoms with Gasteiger partial charge in [0.2, 0.25) is 0 Å². The molecule has 0 atom stereocenters. The van der Waals surface area contributed by atoms with Gasteiger partial charge in [-0.25, -0.2) is 0 Å². The van der Waals surface area contributed by atoms with Crippen LogP contribution in [0.5, 0.6) is 11.5 Å². The molecule has 0 fully saturated rings. The molecule has 278 valence electrons. The molecule has 0 aliphatic carbocycles. The van der Waals surface area contributed by atoms with E-state index in [1.165, 1.54) is 80.8 Å². The van der Waals surface area contributed by atoms with Crippen molar-refractivity contribution in [3.63, 3.8) is 0 Å². The number of anilines is 3. The molecule has 2 nitrogen and oxygen atoms in total. The van der Waals surface area contributed by atoms with Crippen molar-refractivity contribution in [2.75, 3.05) is 29.9 Å². The molecule has 0 unspecified atom stereocenters. The Hall–Kier alpha value is -5.94. The largest absolute Gasteiger partial charge is 0.453 e. The third kappa shape index (κ3) is 5.20. The zero-order valence-electron chi connectivity index (χ0n) is 32.8. The summed E-state index contributed by atoms with van der Waals surface area (Å²) in [5.41, 5.74) is 17.1. The normalized spacial score (nSPS) is 15.9. The van der Waals surface area contributed by atoms with Crippen LogP contribution in [-0.2, 0) is 0 Å². The van der Waals surface area contributed by atoms with E-state index in [1.54, 1.807) is 0 Å². The lowest BCUT2D eigenvalue weighted by atomic mass is 9.97. The maximum atomic E-state index is 6.81. The van der Waals surface area contributed by atoms with Gasteiger partial charge in [-0.2, -0.15) is 20.1 Å². The van der Waals surface area contributed by atoms with Crippen molar-refractivity contribution in [3.8, 4) is 67.1 Å². The molecule has 3 aliphatic heterocycles. The quantitative estimate of drug-likeness (QED) is 0.177. The molecule has 57 heavy (non-hydrogen) atoms. The summed E-state index contributed by atoms with van der Waals surface area (Å²) in [5.74, 6) is 1.71. The van der Waals surface area contributed by atoms with Crippen LogP contribution < -0.4 is 9.64 Å². The van der Waals surface area contributed by atoms with Gasteiger partial charge in [-0.15, -0.1) is 0 Å². The summed E-state index contributed by atoms with van der Waals surface area (Å²) in [4.78, 5) is 8.29. The monoisotopic (exact) mass is 773 g/mol. The first-order valence-corrected chi connectivity index (χ1v) is 24.4. The van der Waals surface area contributed by atoms with Gasteiger partial charge in [-0.05, 0) is 154 Å². The molecule has 0 aromatic heterocycles. The van der Waals surface area contributed by atoms with Gasteiger partial charge in [-0.3, -0.25) is 0 Å². The first-order valence-electron chi connectivity index (χ1n) is 19.5. The van der Waals surface area contributed by atoms with E-state index in [9.17, 15) is 0 Å². The van der Waals surface area contributed by atoms with E-state index in [1.807, 2.05) is 0 Å². The Morgan fingerprint density at radius 2 is 0.772 bits per heavy atom. The topological polar surface area (TPSA) is 12.5 Å². The molecular weight excluding hydrogens is 731 g/mol. The zero-order valence-corrected chi connectivity index (χ0v) is 34.5. The van der Waals surface area contributed by atoms with Gasteiger partial charge in [-0.1, -0.05) is 109 Å². The van der Waals surface area contributed by atoms with E-state index in [0.717, 1.165) is 28.6 Å². The van der Waals surface area contributed by atoms with E-state index >= 15 is 0 Å². The number of ether oxygens (including phenoxy) is 1. The molecule has 0 spiro atoms. The molecule has 0 saturated heterocycles. The summed E-state index contributed by atoms with van der Waals surface area (Å²) < 4.78 is 6.81. The molecule has 4 heteroatoms. The van der Waals surface area contributed by atoms with Gasteiger partial charge in [0, 0.05) is 25.3 Å². The molecule has 0 radical (unpaired) electrons. The van der Waals surface area contributed by atoms with Crippen LogP contribution in [0.2, 0.25) is 0 Å². The van der Waals surface area contributed by atoms with Crippen LogP contribution in [0.4, 0.5) is 17.1 Å². The molecule has 0 N–H and O–H groups in total. The highest BCUT2D eigenvalue weighted by Crippen LogP contribution is 2.69. The summed E-state index contributed by atoms with van der Waals surface area (Å²) in [6.07, 6.45) is 9.73. The fourth-order valence-corrected chi connectivity index (χ4v) is 14.4. The minimum absolute atomic E-state index is 0.853. The summed E-state index contributed by atoms with van der Waals surface area (Å²) in [7, 11) is -2.26. The highest BCUT2D eigenvalue weighted by molar-refractivity contribution is 8.33. The smallest absolute Gasteiger partial charge is 0.151 e. The van der Waals surface area contributed by atoms with E-state index < -0.39 is 20.1 Å². The maximum Gasteiger partial charge on any atom is 0.151 e. The van der Waals surface area contributed by atoms with Crippen LogP contribution in [0.15, 0.2) is 189 Å². The Morgan fingerprint density at radius 3 is 1.30 bits per heavy atom. The van der Waals surface area contributed by atoms with Crippen molar-refractivity contribution in [3.05, 3.63) is 175 Å². The lowest BCUT2D eigenvalue weighted by molar-refractivity contribution is 0.477. The molecule has 0 amide bonds. The number of hydrogen-bond donors (Lipinski definition) is 0. The minimum Gasteiger partial charge on any atom is -0.453 e. The molecule has 0 saturated carbocycles. The number of nitrogens with zero attached hydrogens (tertiary/aromatic N) is 1. The van der Waals surface area contributed by atoms with Crippen molar-refractivity contribution < 1.29 is 4.74 Å². The molecule has 0 bridgehead atoms. The Kier molecular flexibility index (Phi) is 7.54. The van der Waals surface area contributed by atoms with Crippen molar-refractivity contribution in [2.45, 2.75) is 26.5 Å². The lowest BCUT2D eigenvalue weighted by Crippen LogP contribution is -2.17. The predicted molar refractivity (Wildman–Crippen MR) is 245 cm³/mol. The lowest BCUT2D eigenvalue weighted by Gasteiger charge is -2.35. The van der Waals surface area contributed by atoms with E-state index in [4.69, 9.17) is 4.74 Å². The maximum absolute atomic E-state index is 6.81. The average Bonchev–Trinajstić information content (AvgIpc) is 3.62. The van der Waals surface area contributed by atoms with Crippen LogP contribution >= 0.6 is 20.1 Å². The van der Waals surface area contributed by atoms with E-state index in [0.29, 0.717) is 0 Å². The zero-order chi connectivity index (χ0) is 38.6. The predicted octanol–water partition coefficient (Wildman–Crippen LogP) is 15.5. The summed E-state index contributed by atoms with van der Waals surface area (Å²) in [6, 6.07) is 63.0. The molecular formula is C53H43NOS2. The highest BCUT2D eigenvalue weighted by atomic mass is 32.3. The summed E-state index contributed by atoms with van der Waals surface area (Å²) >= 11 is 0. The Bertz CT molecular complexity index is 2810. The molecule has 11 rings (SSSR count). The Labute approximate surface area is 339 Å². The number of hydrogen-bond acceptors (Lipinski definition) is 2. The van der Waals surface area contributed by atoms with Gasteiger partial charge >= 0.3 is 0 Å². The first-order chi connectivity index (χ1) is 27.7. The second kappa shape index (κ2) is 12.5. The number of rotatable bonds is 4. The van der Waals surface area contributed by atoms with Gasteiger partial charge in [0.25, 0.3) is 0 Å². The minimum atomic E-state index is -1.13. The Balaban J connectivity index is 1.06. The van der Waals surface area contributed by atoms with Gasteiger partial charge < -0.3 is 9.64 Å². The molecule has 8 aromatic rings. The molecule has 3 aliphatic rings. The highest BCUT2D eigenvalue weighted by Gasteiger charge is 2.34. The first kappa shape index (κ1) is 34.3. The third-order valence-electron chi connectivity index (χ3n) is 12.3. The van der Waals surface area contributed by atoms with Crippen LogP contribution in [-0.4, -0.2) is 25.0 Å². The van der Waals surface area contributed by atoms with Crippen LogP contribution in [0.1, 0.15) is 5.56 Å². The number of benzene rings is 8. The molecule has 8 aromatic carbocycles. The van der Waals surface area contributed by atoms with Crippen molar-refractivity contribution in [1.82, 2.24) is 0 Å². The van der Waals surface area contributed by atoms with Gasteiger partial charge in [0.1, 0.15) is 0 Å². The van der Waals surface area contributed by atoms with Crippen LogP contribution in [0.25, 0.3) is 55.6 Å². The van der Waals surface area contributed by atoms with Gasteiger partial charge in [0.05, 0.1) is 11.4 Å².